The van der Waals surface area contributed by atoms with Gasteiger partial charge in [0.25, 0.3) is 5.91 Å². The third kappa shape index (κ3) is 3.76. The lowest BCUT2D eigenvalue weighted by atomic mass is 10.1. The second-order valence-corrected chi connectivity index (χ2v) is 4.30. The predicted octanol–water partition coefficient (Wildman–Crippen LogP) is 1.51. The van der Waals surface area contributed by atoms with E-state index < -0.39 is 5.97 Å². The topological polar surface area (TPSA) is 83.6 Å². The van der Waals surface area contributed by atoms with Gasteiger partial charge in [-0.1, -0.05) is 6.07 Å². The van der Waals surface area contributed by atoms with Crippen LogP contribution in [0.25, 0.3) is 0 Å². The quantitative estimate of drug-likeness (QED) is 0.776. The van der Waals surface area contributed by atoms with E-state index in [0.29, 0.717) is 24.2 Å². The molecule has 1 aromatic rings. The molecule has 0 bridgehead atoms. The van der Waals surface area contributed by atoms with Gasteiger partial charge in [0, 0.05) is 31.3 Å². The maximum atomic E-state index is 12.0. The summed E-state index contributed by atoms with van der Waals surface area (Å²) in [4.78, 5) is 23.9. The van der Waals surface area contributed by atoms with Crippen LogP contribution in [0.4, 0.5) is 5.69 Å². The molecule has 0 heterocycles. The fourth-order valence-corrected chi connectivity index (χ4v) is 1.56. The fourth-order valence-electron chi connectivity index (χ4n) is 1.56. The maximum absolute atomic E-state index is 12.0. The number of hydrogen-bond donors (Lipinski definition) is 2. The van der Waals surface area contributed by atoms with Crippen LogP contribution >= 0.6 is 0 Å². The number of carbonyl (C=O) groups excluding carboxylic acids is 1. The molecule has 0 aliphatic carbocycles. The second-order valence-electron chi connectivity index (χ2n) is 4.30. The summed E-state index contributed by atoms with van der Waals surface area (Å²) in [7, 11) is 1.65. The van der Waals surface area contributed by atoms with Gasteiger partial charge in [-0.2, -0.15) is 0 Å². The van der Waals surface area contributed by atoms with Crippen molar-refractivity contribution in [2.75, 3.05) is 19.3 Å². The van der Waals surface area contributed by atoms with Crippen molar-refractivity contribution < 1.29 is 14.7 Å². The smallest absolute Gasteiger partial charge is 0.303 e. The highest BCUT2D eigenvalue weighted by atomic mass is 16.4. The van der Waals surface area contributed by atoms with Crippen LogP contribution in [-0.2, 0) is 4.79 Å². The number of nitrogen functional groups attached to an aromatic ring is 1. The summed E-state index contributed by atoms with van der Waals surface area (Å²) in [5, 5.41) is 8.53. The van der Waals surface area contributed by atoms with Crippen molar-refractivity contribution in [1.82, 2.24) is 4.90 Å². The molecule has 1 amide bonds. The van der Waals surface area contributed by atoms with Crippen LogP contribution in [0.5, 0.6) is 0 Å². The van der Waals surface area contributed by atoms with E-state index in [9.17, 15) is 9.59 Å². The van der Waals surface area contributed by atoms with Gasteiger partial charge in [0.1, 0.15) is 0 Å². The minimum Gasteiger partial charge on any atom is -0.481 e. The van der Waals surface area contributed by atoms with Gasteiger partial charge in [-0.15, -0.1) is 0 Å². The van der Waals surface area contributed by atoms with Crippen LogP contribution in [0.1, 0.15) is 28.8 Å². The minimum atomic E-state index is -0.851. The summed E-state index contributed by atoms with van der Waals surface area (Å²) < 4.78 is 0. The first-order valence-electron chi connectivity index (χ1n) is 5.75. The number of nitrogens with zero attached hydrogens (tertiary/aromatic N) is 1. The van der Waals surface area contributed by atoms with E-state index in [0.717, 1.165) is 5.56 Å². The van der Waals surface area contributed by atoms with E-state index >= 15 is 0 Å². The Hall–Kier alpha value is -2.04. The van der Waals surface area contributed by atoms with Crippen LogP contribution in [0.3, 0.4) is 0 Å². The Morgan fingerprint density at radius 1 is 1.39 bits per heavy atom. The summed E-state index contributed by atoms with van der Waals surface area (Å²) >= 11 is 0. The molecule has 0 atom stereocenters. The molecule has 0 aliphatic heterocycles. The lowest BCUT2D eigenvalue weighted by Crippen LogP contribution is -2.28. The molecular formula is C13H18N2O3. The van der Waals surface area contributed by atoms with Crippen LogP contribution in [0, 0.1) is 6.92 Å². The van der Waals surface area contributed by atoms with E-state index in [2.05, 4.69) is 0 Å². The first kappa shape index (κ1) is 14.0. The van der Waals surface area contributed by atoms with Crippen molar-refractivity contribution in [3.05, 3.63) is 29.3 Å². The third-order valence-corrected chi connectivity index (χ3v) is 2.76. The fraction of sp³-hybridized carbons (Fsp3) is 0.385. The van der Waals surface area contributed by atoms with Crippen LogP contribution in [0.15, 0.2) is 18.2 Å². The number of rotatable bonds is 5. The molecule has 0 spiro atoms. The molecule has 5 nitrogen and oxygen atoms in total. The van der Waals surface area contributed by atoms with Gasteiger partial charge in [-0.3, -0.25) is 9.59 Å². The summed E-state index contributed by atoms with van der Waals surface area (Å²) in [6.45, 7) is 2.29. The maximum Gasteiger partial charge on any atom is 0.303 e. The summed E-state index contributed by atoms with van der Waals surface area (Å²) in [5.74, 6) is -0.998. The molecule has 0 aliphatic rings. The number of carbonyl (C=O) groups is 2. The van der Waals surface area contributed by atoms with Gasteiger partial charge in [0.05, 0.1) is 0 Å². The first-order chi connectivity index (χ1) is 8.41. The van der Waals surface area contributed by atoms with Gasteiger partial charge in [-0.25, -0.2) is 0 Å². The average molecular weight is 250 g/mol. The van der Waals surface area contributed by atoms with Gasteiger partial charge >= 0.3 is 5.97 Å². The van der Waals surface area contributed by atoms with E-state index in [1.807, 2.05) is 6.92 Å². The lowest BCUT2D eigenvalue weighted by molar-refractivity contribution is -0.137. The molecular weight excluding hydrogens is 232 g/mol. The van der Waals surface area contributed by atoms with Crippen molar-refractivity contribution in [3.63, 3.8) is 0 Å². The lowest BCUT2D eigenvalue weighted by Gasteiger charge is -2.17. The van der Waals surface area contributed by atoms with Gasteiger partial charge in [0.2, 0.25) is 0 Å². The highest BCUT2D eigenvalue weighted by molar-refractivity contribution is 5.95. The van der Waals surface area contributed by atoms with E-state index in [1.165, 1.54) is 4.90 Å². The number of hydrogen-bond acceptors (Lipinski definition) is 3. The highest BCUT2D eigenvalue weighted by Gasteiger charge is 2.12. The predicted molar refractivity (Wildman–Crippen MR) is 69.4 cm³/mol. The molecule has 0 aromatic heterocycles. The summed E-state index contributed by atoms with van der Waals surface area (Å²) in [5.41, 5.74) is 7.79. The van der Waals surface area contributed by atoms with Crippen molar-refractivity contribution >= 4 is 17.6 Å². The van der Waals surface area contributed by atoms with Crippen LogP contribution in [-0.4, -0.2) is 35.5 Å². The zero-order valence-electron chi connectivity index (χ0n) is 10.6. The molecule has 1 aromatic carbocycles. The average Bonchev–Trinajstić information content (AvgIpc) is 2.31. The molecule has 0 saturated carbocycles. The Morgan fingerprint density at radius 2 is 2.06 bits per heavy atom. The van der Waals surface area contributed by atoms with Crippen molar-refractivity contribution in [1.29, 1.82) is 0 Å². The molecule has 0 saturated heterocycles. The summed E-state index contributed by atoms with van der Waals surface area (Å²) in [6.07, 6.45) is 0.507. The van der Waals surface area contributed by atoms with E-state index in [-0.39, 0.29) is 12.3 Å². The Bertz CT molecular complexity index is 458. The molecule has 1 rings (SSSR count). The zero-order chi connectivity index (χ0) is 13.7. The molecule has 98 valence electrons. The van der Waals surface area contributed by atoms with Crippen molar-refractivity contribution in [2.45, 2.75) is 19.8 Å². The normalized spacial score (nSPS) is 10.1. The second kappa shape index (κ2) is 6.05. The van der Waals surface area contributed by atoms with Gasteiger partial charge in [0.15, 0.2) is 0 Å². The molecule has 0 fully saturated rings. The monoisotopic (exact) mass is 250 g/mol. The number of anilines is 1. The Morgan fingerprint density at radius 3 is 2.61 bits per heavy atom. The number of benzene rings is 1. The number of carboxylic acids is 1. The van der Waals surface area contributed by atoms with Gasteiger partial charge in [-0.05, 0) is 31.0 Å². The SMILES string of the molecule is Cc1ccc(C(=O)N(C)CCCC(=O)O)cc1N. The molecule has 18 heavy (non-hydrogen) atoms. The third-order valence-electron chi connectivity index (χ3n) is 2.76. The number of aliphatic carboxylic acids is 1. The molecule has 5 heteroatoms. The number of amides is 1. The Balaban J connectivity index is 2.62. The zero-order valence-corrected chi connectivity index (χ0v) is 10.6. The minimum absolute atomic E-state index is 0.0632. The Kier molecular flexibility index (Phi) is 4.71. The highest BCUT2D eigenvalue weighted by Crippen LogP contribution is 2.14. The van der Waals surface area contributed by atoms with Crippen LogP contribution < -0.4 is 5.73 Å². The number of aryl methyl sites for hydroxylation is 1. The van der Waals surface area contributed by atoms with E-state index in [1.54, 1.807) is 25.2 Å². The van der Waals surface area contributed by atoms with Crippen LogP contribution in [0.2, 0.25) is 0 Å². The number of nitrogens with two attached hydrogens (primary N) is 1. The van der Waals surface area contributed by atoms with Crippen molar-refractivity contribution in [3.8, 4) is 0 Å². The standard InChI is InChI=1S/C13H18N2O3/c1-9-5-6-10(8-11(9)14)13(18)15(2)7-3-4-12(16)17/h5-6,8H,3-4,7,14H2,1-2H3,(H,16,17). The molecule has 0 radical (unpaired) electrons. The molecule has 3 N–H and O–H groups in total. The summed E-state index contributed by atoms with van der Waals surface area (Å²) in [6, 6.07) is 5.17. The Labute approximate surface area is 106 Å². The first-order valence-corrected chi connectivity index (χ1v) is 5.75. The van der Waals surface area contributed by atoms with E-state index in [4.69, 9.17) is 10.8 Å². The molecule has 0 unspecified atom stereocenters. The largest absolute Gasteiger partial charge is 0.481 e. The van der Waals surface area contributed by atoms with Gasteiger partial charge < -0.3 is 15.7 Å². The number of carboxylic acid groups (broad SMARTS) is 1. The van der Waals surface area contributed by atoms with Crippen molar-refractivity contribution in [2.24, 2.45) is 0 Å².